The Hall–Kier alpha value is -4.21. The van der Waals surface area contributed by atoms with Gasteiger partial charge in [-0.1, -0.05) is 62.4 Å². The number of nitrogens with zero attached hydrogens (tertiary/aromatic N) is 2. The molecule has 0 spiro atoms. The van der Waals surface area contributed by atoms with Crippen LogP contribution in [0.5, 0.6) is 0 Å². The molecule has 0 aliphatic heterocycles. The Morgan fingerprint density at radius 1 is 1.06 bits per heavy atom. The van der Waals surface area contributed by atoms with Crippen molar-refractivity contribution in [3.05, 3.63) is 65.5 Å². The third-order valence-corrected chi connectivity index (χ3v) is 5.48. The average molecular weight is 449 g/mol. The van der Waals surface area contributed by atoms with E-state index in [4.69, 9.17) is 4.74 Å². The summed E-state index contributed by atoms with van der Waals surface area (Å²) in [6.07, 6.45) is -0.770. The van der Waals surface area contributed by atoms with Crippen molar-refractivity contribution in [2.45, 2.75) is 25.8 Å². The minimum atomic E-state index is -1.16. The van der Waals surface area contributed by atoms with E-state index in [-0.39, 0.29) is 30.2 Å². The number of rotatable bonds is 7. The second-order valence-corrected chi connectivity index (χ2v) is 7.99. The second kappa shape index (κ2) is 9.11. The number of nitrogens with one attached hydrogen (secondary N) is 3. The number of carbonyl (C=O) groups is 3. The number of fused-ring (bicyclic) bond motifs is 3. The number of anilines is 1. The number of carboxylic acid groups (broad SMARTS) is 1. The predicted molar refractivity (Wildman–Crippen MR) is 119 cm³/mol. The first kappa shape index (κ1) is 22.0. The van der Waals surface area contributed by atoms with E-state index in [0.717, 1.165) is 22.3 Å². The Kier molecular flexibility index (Phi) is 6.07. The summed E-state index contributed by atoms with van der Waals surface area (Å²) in [7, 11) is 0. The molecule has 1 heterocycles. The number of carbonyl (C=O) groups excluding carboxylic acids is 2. The monoisotopic (exact) mass is 449 g/mol. The molecule has 1 aliphatic carbocycles. The Balaban J connectivity index is 1.37. The van der Waals surface area contributed by atoms with Crippen LogP contribution in [0.3, 0.4) is 0 Å². The molecule has 0 saturated carbocycles. The highest BCUT2D eigenvalue weighted by atomic mass is 16.5. The van der Waals surface area contributed by atoms with Gasteiger partial charge in [0.05, 0.1) is 0 Å². The van der Waals surface area contributed by atoms with Gasteiger partial charge in [-0.15, -0.1) is 5.10 Å². The van der Waals surface area contributed by atoms with Crippen molar-refractivity contribution in [1.29, 1.82) is 0 Å². The molecule has 33 heavy (non-hydrogen) atoms. The third-order valence-electron chi connectivity index (χ3n) is 5.48. The third kappa shape index (κ3) is 4.54. The Bertz CT molecular complexity index is 1160. The van der Waals surface area contributed by atoms with Gasteiger partial charge in [-0.05, 0) is 28.2 Å². The summed E-state index contributed by atoms with van der Waals surface area (Å²) in [5, 5.41) is 20.1. The van der Waals surface area contributed by atoms with Gasteiger partial charge >= 0.3 is 12.1 Å². The van der Waals surface area contributed by atoms with Crippen LogP contribution >= 0.6 is 0 Å². The highest BCUT2D eigenvalue weighted by molar-refractivity contribution is 5.94. The molecule has 1 aliphatic rings. The van der Waals surface area contributed by atoms with Gasteiger partial charge in [0.1, 0.15) is 12.6 Å². The van der Waals surface area contributed by atoms with E-state index < -0.39 is 24.0 Å². The minimum Gasteiger partial charge on any atom is -0.480 e. The summed E-state index contributed by atoms with van der Waals surface area (Å²) in [5.74, 6) is -2.71. The maximum Gasteiger partial charge on any atom is 0.414 e. The van der Waals surface area contributed by atoms with Crippen molar-refractivity contribution in [2.75, 3.05) is 11.9 Å². The molecular weight excluding hydrogens is 426 g/mol. The van der Waals surface area contributed by atoms with Gasteiger partial charge in [-0.3, -0.25) is 15.2 Å². The molecule has 0 fully saturated rings. The molecule has 10 nitrogen and oxygen atoms in total. The molecule has 2 aromatic carbocycles. The molecule has 4 rings (SSSR count). The molecule has 1 atom stereocenters. The zero-order chi connectivity index (χ0) is 23.5. The molecule has 2 amide bonds. The number of ether oxygens (including phenoxy) is 1. The molecule has 0 bridgehead atoms. The Morgan fingerprint density at radius 3 is 2.24 bits per heavy atom. The average Bonchev–Trinajstić information content (AvgIpc) is 3.38. The van der Waals surface area contributed by atoms with E-state index in [1.807, 2.05) is 48.5 Å². The van der Waals surface area contributed by atoms with E-state index in [2.05, 4.69) is 25.8 Å². The van der Waals surface area contributed by atoms with Crippen LogP contribution < -0.4 is 10.6 Å². The van der Waals surface area contributed by atoms with Gasteiger partial charge in [0, 0.05) is 5.92 Å². The number of benzene rings is 2. The maximum atomic E-state index is 12.3. The number of amides is 2. The molecule has 3 aromatic rings. The van der Waals surface area contributed by atoms with Crippen molar-refractivity contribution in [2.24, 2.45) is 5.92 Å². The quantitative estimate of drug-likeness (QED) is 0.434. The number of aliphatic carboxylic acids is 1. The first-order chi connectivity index (χ1) is 15.8. The van der Waals surface area contributed by atoms with Crippen molar-refractivity contribution in [3.8, 4) is 11.1 Å². The van der Waals surface area contributed by atoms with Gasteiger partial charge in [-0.25, -0.2) is 9.59 Å². The number of aromatic nitrogens is 3. The summed E-state index contributed by atoms with van der Waals surface area (Å²) in [6, 6.07) is 14.9. The molecule has 1 aromatic heterocycles. The van der Waals surface area contributed by atoms with Crippen molar-refractivity contribution in [1.82, 2.24) is 20.5 Å². The predicted octanol–water partition coefficient (Wildman–Crippen LogP) is 3.00. The number of hydrogen-bond acceptors (Lipinski definition) is 6. The minimum absolute atomic E-state index is 0.0967. The Labute approximate surface area is 189 Å². The standard InChI is InChI=1S/C23H23N5O5/c1-12(2)18(21(30)31)24-20(29)19-25-22(28-27-19)26-23(32)33-11-17-15-9-5-3-7-13(15)14-8-4-6-10-16(14)17/h3-10,12,17-18H,11H2,1-2H3,(H,24,29)(H,30,31)(H2,25,26,27,28,32)/t18-/m0/s1. The van der Waals surface area contributed by atoms with Crippen LogP contribution in [-0.2, 0) is 9.53 Å². The fourth-order valence-electron chi connectivity index (χ4n) is 3.87. The highest BCUT2D eigenvalue weighted by Gasteiger charge is 2.29. The number of H-pyrrole nitrogens is 1. The van der Waals surface area contributed by atoms with Crippen LogP contribution in [0.15, 0.2) is 48.5 Å². The van der Waals surface area contributed by atoms with Crippen LogP contribution in [-0.4, -0.2) is 50.9 Å². The lowest BCUT2D eigenvalue weighted by Crippen LogP contribution is -2.44. The molecular formula is C23H23N5O5. The molecule has 170 valence electrons. The van der Waals surface area contributed by atoms with E-state index >= 15 is 0 Å². The van der Waals surface area contributed by atoms with Crippen LogP contribution in [0.25, 0.3) is 11.1 Å². The van der Waals surface area contributed by atoms with E-state index in [9.17, 15) is 19.5 Å². The van der Waals surface area contributed by atoms with Crippen molar-refractivity contribution in [3.63, 3.8) is 0 Å². The lowest BCUT2D eigenvalue weighted by molar-refractivity contribution is -0.140. The van der Waals surface area contributed by atoms with E-state index in [1.165, 1.54) is 0 Å². The van der Waals surface area contributed by atoms with Crippen LogP contribution in [0.4, 0.5) is 10.7 Å². The molecule has 0 saturated heterocycles. The highest BCUT2D eigenvalue weighted by Crippen LogP contribution is 2.44. The topological polar surface area (TPSA) is 146 Å². The lowest BCUT2D eigenvalue weighted by Gasteiger charge is -2.16. The van der Waals surface area contributed by atoms with Crippen molar-refractivity contribution >= 4 is 23.9 Å². The summed E-state index contributed by atoms with van der Waals surface area (Å²) in [5.41, 5.74) is 4.41. The smallest absolute Gasteiger partial charge is 0.414 e. The first-order valence-corrected chi connectivity index (χ1v) is 10.4. The number of hydrogen-bond donors (Lipinski definition) is 4. The van der Waals surface area contributed by atoms with Crippen LogP contribution in [0, 0.1) is 5.92 Å². The maximum absolute atomic E-state index is 12.3. The SMILES string of the molecule is CC(C)[C@H](NC(=O)c1nc(NC(=O)OCC2c3ccccc3-c3ccccc32)n[nH]1)C(=O)O. The lowest BCUT2D eigenvalue weighted by atomic mass is 9.98. The zero-order valence-corrected chi connectivity index (χ0v) is 18.0. The van der Waals surface area contributed by atoms with Gasteiger partial charge in [0.2, 0.25) is 5.82 Å². The normalized spacial score (nSPS) is 13.2. The Morgan fingerprint density at radius 2 is 1.67 bits per heavy atom. The molecule has 0 radical (unpaired) electrons. The van der Waals surface area contributed by atoms with Gasteiger partial charge < -0.3 is 15.2 Å². The largest absolute Gasteiger partial charge is 0.480 e. The first-order valence-electron chi connectivity index (χ1n) is 10.4. The molecule has 0 unspecified atom stereocenters. The van der Waals surface area contributed by atoms with Gasteiger partial charge in [0.15, 0.2) is 0 Å². The van der Waals surface area contributed by atoms with Gasteiger partial charge in [0.25, 0.3) is 11.9 Å². The molecule has 10 heteroatoms. The number of carboxylic acids is 1. The zero-order valence-electron chi connectivity index (χ0n) is 18.0. The van der Waals surface area contributed by atoms with Crippen LogP contribution in [0.2, 0.25) is 0 Å². The fourth-order valence-corrected chi connectivity index (χ4v) is 3.87. The fraction of sp³-hybridized carbons (Fsp3) is 0.261. The molecule has 4 N–H and O–H groups in total. The summed E-state index contributed by atoms with van der Waals surface area (Å²) in [6.45, 7) is 3.46. The number of aromatic amines is 1. The summed E-state index contributed by atoms with van der Waals surface area (Å²) < 4.78 is 5.42. The van der Waals surface area contributed by atoms with Gasteiger partial charge in [-0.2, -0.15) is 4.98 Å². The summed E-state index contributed by atoms with van der Waals surface area (Å²) in [4.78, 5) is 39.7. The summed E-state index contributed by atoms with van der Waals surface area (Å²) >= 11 is 0. The second-order valence-electron chi connectivity index (χ2n) is 7.99. The van der Waals surface area contributed by atoms with Crippen molar-refractivity contribution < 1.29 is 24.2 Å². The van der Waals surface area contributed by atoms with Crippen LogP contribution in [0.1, 0.15) is 41.5 Å². The van der Waals surface area contributed by atoms with E-state index in [0.29, 0.717) is 0 Å². The van der Waals surface area contributed by atoms with E-state index in [1.54, 1.807) is 13.8 Å².